The third-order valence-corrected chi connectivity index (χ3v) is 21.9. The number of para-hydroxylation sites is 1. The van der Waals surface area contributed by atoms with Crippen molar-refractivity contribution in [3.63, 3.8) is 0 Å². The molecule has 0 spiro atoms. The number of nitrogens with zero attached hydrogens (tertiary/aromatic N) is 5. The number of ether oxygens (including phenoxy) is 8. The first-order chi connectivity index (χ1) is 49.4. The Morgan fingerprint density at radius 3 is 1.38 bits per heavy atom. The van der Waals surface area contributed by atoms with Crippen LogP contribution in [0.1, 0.15) is 124 Å². The second-order valence-corrected chi connectivity index (χ2v) is 27.8. The van der Waals surface area contributed by atoms with Crippen LogP contribution in [0.5, 0.6) is 46.0 Å². The fraction of sp³-hybridized carbons (Fsp3) is 0.487. The Morgan fingerprint density at radius 2 is 0.961 bits per heavy atom. The summed E-state index contributed by atoms with van der Waals surface area (Å²) in [5.41, 5.74) is 5.98. The topological polar surface area (TPSA) is 256 Å². The van der Waals surface area contributed by atoms with E-state index in [1.54, 1.807) is 40.4 Å². The second kappa shape index (κ2) is 35.3. The summed E-state index contributed by atoms with van der Waals surface area (Å²) in [5.74, 6) is -0.565. The van der Waals surface area contributed by atoms with Crippen molar-refractivity contribution in [1.29, 1.82) is 0 Å². The highest BCUT2D eigenvalue weighted by atomic mass is 19.1. The highest BCUT2D eigenvalue weighted by Gasteiger charge is 2.49. The van der Waals surface area contributed by atoms with Gasteiger partial charge in [0, 0.05) is 85.7 Å². The van der Waals surface area contributed by atoms with Crippen LogP contribution in [0.2, 0.25) is 0 Å². The number of carboxylic acid groups (broad SMARTS) is 4. The first-order valence-electron chi connectivity index (χ1n) is 35.5. The number of hydrogen-bond acceptors (Lipinski definition) is 17. The lowest BCUT2D eigenvalue weighted by Gasteiger charge is -2.35. The number of likely N-dealkylation sites (tertiary alicyclic amines) is 4. The largest absolute Gasteiger partial charge is 0.497 e. The van der Waals surface area contributed by atoms with Crippen molar-refractivity contribution < 1.29 is 86.7 Å². The number of benzene rings is 6. The Morgan fingerprint density at radius 1 is 0.524 bits per heavy atom. The molecule has 4 fully saturated rings. The Labute approximate surface area is 604 Å². The number of carboxylic acids is 4. The van der Waals surface area contributed by atoms with E-state index in [0.29, 0.717) is 59.4 Å². The second-order valence-electron chi connectivity index (χ2n) is 27.8. The van der Waals surface area contributed by atoms with Crippen LogP contribution in [0.25, 0.3) is 0 Å². The number of aryl methyl sites for hydroxylation is 2. The van der Waals surface area contributed by atoms with Gasteiger partial charge in [0.2, 0.25) is 25.2 Å². The van der Waals surface area contributed by atoms with Gasteiger partial charge in [-0.2, -0.15) is 0 Å². The summed E-state index contributed by atoms with van der Waals surface area (Å²) < 4.78 is 58.0. The lowest BCUT2D eigenvalue weighted by Crippen LogP contribution is -2.48. The Kier molecular flexibility index (Phi) is 26.8. The zero-order valence-electron chi connectivity index (χ0n) is 61.5. The minimum atomic E-state index is -0.944. The molecule has 22 nitrogen and oxygen atoms in total. The van der Waals surface area contributed by atoms with E-state index in [2.05, 4.69) is 28.5 Å². The third kappa shape index (κ3) is 17.9. The van der Waals surface area contributed by atoms with Gasteiger partial charge in [-0.25, -0.2) is 4.39 Å². The van der Waals surface area contributed by atoms with E-state index in [4.69, 9.17) is 37.9 Å². The Hall–Kier alpha value is -9.16. The van der Waals surface area contributed by atoms with Crippen molar-refractivity contribution in [2.45, 2.75) is 134 Å². The molecule has 6 aromatic rings. The molecule has 4 saturated heterocycles. The summed E-state index contributed by atoms with van der Waals surface area (Å²) in [5, 5.41) is 39.0. The van der Waals surface area contributed by atoms with Crippen LogP contribution in [-0.4, -0.2) is 196 Å². The van der Waals surface area contributed by atoms with E-state index in [-0.39, 0.29) is 91.5 Å². The molecule has 0 radical (unpaired) electrons. The number of aliphatic carboxylic acids is 4. The van der Waals surface area contributed by atoms with Crippen molar-refractivity contribution in [3.8, 4) is 46.0 Å². The number of halogens is 1. The van der Waals surface area contributed by atoms with E-state index in [9.17, 15) is 48.8 Å². The molecule has 0 unspecified atom stereocenters. The fourth-order valence-electron chi connectivity index (χ4n) is 15.9. The van der Waals surface area contributed by atoms with Gasteiger partial charge in [-0.1, -0.05) is 75.2 Å². The molecule has 4 N–H and O–H groups in total. The van der Waals surface area contributed by atoms with E-state index >= 15 is 0 Å². The number of amides is 1. The van der Waals surface area contributed by atoms with Gasteiger partial charge in [0.15, 0.2) is 23.0 Å². The van der Waals surface area contributed by atoms with E-state index < -0.39 is 41.8 Å². The standard InChI is InChI=1S/C38H45FN2O8.3C14H19NO3/c1-5-8-26(9-6-2)41(27-13-14-29(39)23(3)16-27)34(42)20-40-19-28(25-17-32(45-4)37-33(18-25)47-22-49-37)35(38(43)44)30(40)15-12-24-10-7-11-31-36(24)48-21-46-31;3*1-9-13(14(16)17)12(8-15(9)2)10-4-6-11(18-3)7-5-10/h7,10-11,13-14,16-18,26,28,30,35H,5-6,8-9,12,15,19-22H2,1-4H3,(H,43,44);3*4-7,9,12-13H,8H2,1-3H3,(H,16,17)/t28-,30+,35-;3*9-,12+,13-/m1000/s1. The maximum Gasteiger partial charge on any atom is 0.308 e. The third-order valence-electron chi connectivity index (χ3n) is 21.9. The molecule has 0 aliphatic carbocycles. The Balaban J connectivity index is 0.000000185. The molecule has 0 bridgehead atoms. The smallest absolute Gasteiger partial charge is 0.308 e. The summed E-state index contributed by atoms with van der Waals surface area (Å²) in [6.07, 6.45) is 4.33. The van der Waals surface area contributed by atoms with Crippen LogP contribution < -0.4 is 42.8 Å². The minimum Gasteiger partial charge on any atom is -0.497 e. The average Bonchev–Trinajstić information content (AvgIpc) is 1.64. The van der Waals surface area contributed by atoms with Gasteiger partial charge < -0.3 is 77.9 Å². The van der Waals surface area contributed by atoms with Crippen LogP contribution in [0.3, 0.4) is 0 Å². The van der Waals surface area contributed by atoms with Gasteiger partial charge in [0.05, 0.1) is 58.7 Å². The predicted octanol–water partition coefficient (Wildman–Crippen LogP) is 12.1. The summed E-state index contributed by atoms with van der Waals surface area (Å²) >= 11 is 0. The van der Waals surface area contributed by atoms with E-state index in [1.165, 1.54) is 13.2 Å². The molecule has 12 atom stereocenters. The van der Waals surface area contributed by atoms with Gasteiger partial charge in [-0.15, -0.1) is 0 Å². The maximum atomic E-state index is 14.6. The van der Waals surface area contributed by atoms with Gasteiger partial charge in [-0.3, -0.25) is 28.9 Å². The quantitative estimate of drug-likeness (QED) is 0.0465. The molecule has 6 aliphatic heterocycles. The number of rotatable bonds is 23. The SMILES string of the molecule is CCCC(CCC)N(C(=O)CN1C[C@H](c2cc(OC)c3c(c2)OCO3)[C@@H](C(=O)O)[C@@H]1CCc1cccc2c1OCO2)c1ccc(F)c(C)c1.COc1ccc([C@H]2CN(C)[C@@H](C)[C@@H]2C(=O)O)cc1.COc1ccc([C@H]2CN(C)[C@@H](C)[C@@H]2C(=O)O)cc1.COc1ccc([C@H]2CN(C)[C@@H](C)[C@@H]2C(=O)O)cc1. The van der Waals surface area contributed by atoms with E-state index in [1.807, 2.05) is 155 Å². The molecule has 6 aromatic carbocycles. The van der Waals surface area contributed by atoms with Gasteiger partial charge in [0.1, 0.15) is 23.1 Å². The van der Waals surface area contributed by atoms with Crippen LogP contribution >= 0.6 is 0 Å². The van der Waals surface area contributed by atoms with Crippen LogP contribution in [0.4, 0.5) is 10.1 Å². The van der Waals surface area contributed by atoms with Crippen molar-refractivity contribution in [1.82, 2.24) is 19.6 Å². The Bertz CT molecular complexity index is 3660. The molecule has 6 aliphatic rings. The highest BCUT2D eigenvalue weighted by molar-refractivity contribution is 5.95. The zero-order chi connectivity index (χ0) is 74.5. The lowest BCUT2D eigenvalue weighted by molar-refractivity contribution is -0.144. The monoisotopic (exact) mass is 1420 g/mol. The van der Waals surface area contributed by atoms with Gasteiger partial charge >= 0.3 is 23.9 Å². The predicted molar refractivity (Wildman–Crippen MR) is 388 cm³/mol. The molecule has 23 heteroatoms. The van der Waals surface area contributed by atoms with Crippen molar-refractivity contribution in [2.75, 3.05) is 101 Å². The van der Waals surface area contributed by atoms with Gasteiger partial charge in [0.25, 0.3) is 0 Å². The molecule has 103 heavy (non-hydrogen) atoms. The lowest BCUT2D eigenvalue weighted by atomic mass is 9.83. The molecule has 0 saturated carbocycles. The number of carbonyl (C=O) groups is 5. The maximum absolute atomic E-state index is 14.6. The van der Waals surface area contributed by atoms with Crippen molar-refractivity contribution >= 4 is 35.5 Å². The number of carbonyl (C=O) groups excluding carboxylic acids is 1. The normalized spacial score (nSPS) is 24.1. The first kappa shape index (κ1) is 78.0. The first-order valence-corrected chi connectivity index (χ1v) is 35.5. The summed E-state index contributed by atoms with van der Waals surface area (Å²) in [6.45, 7) is 14.7. The molecular formula is C80H102FN5O17. The van der Waals surface area contributed by atoms with E-state index in [0.717, 1.165) is 90.4 Å². The van der Waals surface area contributed by atoms with Crippen molar-refractivity contribution in [3.05, 3.63) is 161 Å². The average molecular weight is 1420 g/mol. The number of likely N-dealkylation sites (N-methyl/N-ethyl adjacent to an activating group) is 3. The molecular weight excluding hydrogens is 1320 g/mol. The van der Waals surface area contributed by atoms with Crippen LogP contribution in [0, 0.1) is 36.4 Å². The number of methoxy groups -OCH3 is 4. The minimum absolute atomic E-state index is 0.000502. The number of anilines is 1. The molecule has 1 amide bonds. The van der Waals surface area contributed by atoms with Gasteiger partial charge in [-0.05, 0) is 181 Å². The van der Waals surface area contributed by atoms with Crippen LogP contribution in [0.15, 0.2) is 121 Å². The highest BCUT2D eigenvalue weighted by Crippen LogP contribution is 2.49. The summed E-state index contributed by atoms with van der Waals surface area (Å²) in [6, 6.07) is 36.9. The summed E-state index contributed by atoms with van der Waals surface area (Å²) in [7, 11) is 12.3. The number of fused-ring (bicyclic) bond motifs is 2. The molecule has 12 rings (SSSR count). The molecule has 556 valence electrons. The zero-order valence-corrected chi connectivity index (χ0v) is 61.5. The fourth-order valence-corrected chi connectivity index (χ4v) is 15.9. The number of hydrogen-bond donors (Lipinski definition) is 4. The summed E-state index contributed by atoms with van der Waals surface area (Å²) in [4.78, 5) is 72.2. The molecule has 6 heterocycles. The molecule has 0 aromatic heterocycles. The van der Waals surface area contributed by atoms with Crippen molar-refractivity contribution in [2.24, 2.45) is 23.7 Å². The van der Waals surface area contributed by atoms with Crippen LogP contribution in [-0.2, 0) is 30.4 Å².